The molecule has 2 amide bonds. The number of H-pyrrole nitrogens is 1. The van der Waals surface area contributed by atoms with Gasteiger partial charge in [0.1, 0.15) is 5.82 Å². The molecule has 8 N–H and O–H groups in total. The molecule has 0 saturated heterocycles. The van der Waals surface area contributed by atoms with Gasteiger partial charge in [-0.1, -0.05) is 42.5 Å². The SMILES string of the molecule is NCCN(CCN)C(=O)C[C@H](N)C(=O)N[C@@H](CCc1ccccc1)Cc1nc2ccccc2[nH]1. The number of hydrogen-bond donors (Lipinski definition) is 5. The van der Waals surface area contributed by atoms with Crippen LogP contribution in [0.3, 0.4) is 0 Å². The number of fused-ring (bicyclic) bond motifs is 1. The first-order valence-corrected chi connectivity index (χ1v) is 11.7. The molecule has 0 radical (unpaired) electrons. The first-order chi connectivity index (χ1) is 16.5. The van der Waals surface area contributed by atoms with E-state index in [1.807, 2.05) is 42.5 Å². The van der Waals surface area contributed by atoms with Gasteiger partial charge in [-0.05, 0) is 30.5 Å². The summed E-state index contributed by atoms with van der Waals surface area (Å²) in [6.07, 6.45) is 1.93. The van der Waals surface area contributed by atoms with Crippen molar-refractivity contribution in [1.29, 1.82) is 0 Å². The topological polar surface area (TPSA) is 156 Å². The fraction of sp³-hybridized carbons (Fsp3) is 0.400. The number of rotatable bonds is 13. The molecule has 1 heterocycles. The maximum atomic E-state index is 12.9. The Hall–Kier alpha value is -3.27. The van der Waals surface area contributed by atoms with Crippen molar-refractivity contribution in [2.24, 2.45) is 17.2 Å². The van der Waals surface area contributed by atoms with Crippen LogP contribution in [0.15, 0.2) is 54.6 Å². The zero-order chi connectivity index (χ0) is 24.3. The van der Waals surface area contributed by atoms with Gasteiger partial charge < -0.3 is 32.4 Å². The highest BCUT2D eigenvalue weighted by atomic mass is 16.2. The fourth-order valence-electron chi connectivity index (χ4n) is 3.94. The first-order valence-electron chi connectivity index (χ1n) is 11.7. The Morgan fingerprint density at radius 2 is 1.68 bits per heavy atom. The minimum atomic E-state index is -0.958. The highest BCUT2D eigenvalue weighted by Crippen LogP contribution is 2.14. The Bertz CT molecular complexity index is 1010. The molecule has 9 heteroatoms. The molecule has 0 unspecified atom stereocenters. The van der Waals surface area contributed by atoms with Crippen LogP contribution >= 0.6 is 0 Å². The monoisotopic (exact) mass is 465 g/mol. The summed E-state index contributed by atoms with van der Waals surface area (Å²) < 4.78 is 0. The largest absolute Gasteiger partial charge is 0.352 e. The lowest BCUT2D eigenvalue weighted by Gasteiger charge is -2.24. The van der Waals surface area contributed by atoms with Crippen LogP contribution in [-0.2, 0) is 22.4 Å². The maximum absolute atomic E-state index is 12.9. The number of amides is 2. The molecule has 9 nitrogen and oxygen atoms in total. The van der Waals surface area contributed by atoms with Crippen LogP contribution in [0, 0.1) is 0 Å². The van der Waals surface area contributed by atoms with Gasteiger partial charge in [0.05, 0.1) is 23.5 Å². The number of nitrogens with zero attached hydrogens (tertiary/aromatic N) is 2. The van der Waals surface area contributed by atoms with E-state index in [1.165, 1.54) is 5.56 Å². The summed E-state index contributed by atoms with van der Waals surface area (Å²) in [7, 11) is 0. The second-order valence-electron chi connectivity index (χ2n) is 8.40. The van der Waals surface area contributed by atoms with Gasteiger partial charge in [-0.25, -0.2) is 4.98 Å². The van der Waals surface area contributed by atoms with Crippen molar-refractivity contribution in [3.05, 3.63) is 66.0 Å². The lowest BCUT2D eigenvalue weighted by atomic mass is 10.0. The number of imidazole rings is 1. The molecule has 1 aromatic heterocycles. The van der Waals surface area contributed by atoms with Crippen LogP contribution in [-0.4, -0.2) is 64.9 Å². The lowest BCUT2D eigenvalue weighted by molar-refractivity contribution is -0.134. The second-order valence-corrected chi connectivity index (χ2v) is 8.40. The standard InChI is InChI=1S/C25H35N7O2/c26-12-14-32(15-13-27)24(33)17-20(28)25(34)29-19(11-10-18-6-2-1-3-7-18)16-23-30-21-8-4-5-9-22(21)31-23/h1-9,19-20H,10-17,26-28H2,(H,29,34)(H,30,31)/t19-,20-/m0/s1. The number of aromatic nitrogens is 2. The third-order valence-electron chi connectivity index (χ3n) is 5.73. The summed E-state index contributed by atoms with van der Waals surface area (Å²) in [5, 5.41) is 3.04. The number of nitrogens with two attached hydrogens (primary N) is 3. The number of para-hydroxylation sites is 2. The van der Waals surface area contributed by atoms with Gasteiger partial charge >= 0.3 is 0 Å². The number of aromatic amines is 1. The zero-order valence-corrected chi connectivity index (χ0v) is 19.5. The first kappa shape index (κ1) is 25.4. The Morgan fingerprint density at radius 1 is 1.00 bits per heavy atom. The van der Waals surface area contributed by atoms with E-state index in [9.17, 15) is 9.59 Å². The van der Waals surface area contributed by atoms with Crippen molar-refractivity contribution in [2.45, 2.75) is 37.8 Å². The van der Waals surface area contributed by atoms with Gasteiger partial charge in [0.25, 0.3) is 0 Å². The summed E-state index contributed by atoms with van der Waals surface area (Å²) in [5.41, 5.74) is 20.3. The third-order valence-corrected chi connectivity index (χ3v) is 5.73. The summed E-state index contributed by atoms with van der Waals surface area (Å²) in [6, 6.07) is 16.8. The van der Waals surface area contributed by atoms with Crippen molar-refractivity contribution >= 4 is 22.8 Å². The molecular weight excluding hydrogens is 430 g/mol. The fourth-order valence-corrected chi connectivity index (χ4v) is 3.94. The summed E-state index contributed by atoms with van der Waals surface area (Å²) in [4.78, 5) is 35.0. The predicted molar refractivity (Wildman–Crippen MR) is 134 cm³/mol. The molecule has 182 valence electrons. The van der Waals surface area contributed by atoms with Gasteiger partial charge in [0.15, 0.2) is 0 Å². The average molecular weight is 466 g/mol. The third kappa shape index (κ3) is 7.38. The van der Waals surface area contributed by atoms with Crippen LogP contribution < -0.4 is 22.5 Å². The number of nitrogens with one attached hydrogen (secondary N) is 2. The van der Waals surface area contributed by atoms with Crippen molar-refractivity contribution in [2.75, 3.05) is 26.2 Å². The van der Waals surface area contributed by atoms with Crippen LogP contribution in [0.4, 0.5) is 0 Å². The Morgan fingerprint density at radius 3 is 2.35 bits per heavy atom. The molecule has 0 aliphatic heterocycles. The predicted octanol–water partition coefficient (Wildman–Crippen LogP) is 0.686. The highest BCUT2D eigenvalue weighted by molar-refractivity contribution is 5.88. The molecule has 3 aromatic rings. The van der Waals surface area contributed by atoms with Crippen molar-refractivity contribution in [1.82, 2.24) is 20.2 Å². The molecule has 3 rings (SSSR count). The number of aryl methyl sites for hydroxylation is 1. The van der Waals surface area contributed by atoms with Gasteiger partial charge in [-0.15, -0.1) is 0 Å². The molecule has 0 saturated carbocycles. The molecule has 0 aliphatic rings. The smallest absolute Gasteiger partial charge is 0.237 e. The molecule has 0 fully saturated rings. The second kappa shape index (κ2) is 12.8. The molecule has 0 spiro atoms. The molecule has 0 bridgehead atoms. The molecule has 2 aromatic carbocycles. The van der Waals surface area contributed by atoms with E-state index in [2.05, 4.69) is 27.4 Å². The number of carbonyl (C=O) groups is 2. The van der Waals surface area contributed by atoms with Gasteiger partial charge in [-0.2, -0.15) is 0 Å². The van der Waals surface area contributed by atoms with E-state index in [1.54, 1.807) is 4.90 Å². The maximum Gasteiger partial charge on any atom is 0.237 e. The number of carbonyl (C=O) groups excluding carboxylic acids is 2. The Labute approximate surface area is 200 Å². The van der Waals surface area contributed by atoms with Crippen molar-refractivity contribution in [3.8, 4) is 0 Å². The lowest BCUT2D eigenvalue weighted by Crippen LogP contribution is -2.49. The van der Waals surface area contributed by atoms with E-state index < -0.39 is 6.04 Å². The van der Waals surface area contributed by atoms with Gasteiger partial charge in [0, 0.05) is 38.6 Å². The summed E-state index contributed by atoms with van der Waals surface area (Å²) in [6.45, 7) is 1.42. The van der Waals surface area contributed by atoms with E-state index >= 15 is 0 Å². The van der Waals surface area contributed by atoms with E-state index in [0.29, 0.717) is 39.0 Å². The molecular formula is C25H35N7O2. The summed E-state index contributed by atoms with van der Waals surface area (Å²) >= 11 is 0. The number of hydrogen-bond acceptors (Lipinski definition) is 6. The molecule has 0 aliphatic carbocycles. The Balaban J connectivity index is 1.66. The zero-order valence-electron chi connectivity index (χ0n) is 19.5. The van der Waals surface area contributed by atoms with Gasteiger partial charge in [-0.3, -0.25) is 9.59 Å². The van der Waals surface area contributed by atoms with Crippen LogP contribution in [0.1, 0.15) is 24.2 Å². The molecule has 2 atom stereocenters. The average Bonchev–Trinajstić information content (AvgIpc) is 3.25. The quantitative estimate of drug-likeness (QED) is 0.250. The highest BCUT2D eigenvalue weighted by Gasteiger charge is 2.24. The normalized spacial score (nSPS) is 12.9. The van der Waals surface area contributed by atoms with Crippen LogP contribution in [0.2, 0.25) is 0 Å². The summed E-state index contributed by atoms with van der Waals surface area (Å²) in [5.74, 6) is 0.209. The van der Waals surface area contributed by atoms with Gasteiger partial charge in [0.2, 0.25) is 11.8 Å². The molecule has 34 heavy (non-hydrogen) atoms. The van der Waals surface area contributed by atoms with Crippen molar-refractivity contribution < 1.29 is 9.59 Å². The van der Waals surface area contributed by atoms with E-state index in [0.717, 1.165) is 23.3 Å². The van der Waals surface area contributed by atoms with Crippen LogP contribution in [0.25, 0.3) is 11.0 Å². The van der Waals surface area contributed by atoms with E-state index in [-0.39, 0.29) is 24.3 Å². The van der Waals surface area contributed by atoms with Crippen LogP contribution in [0.5, 0.6) is 0 Å². The van der Waals surface area contributed by atoms with Crippen molar-refractivity contribution in [3.63, 3.8) is 0 Å². The minimum absolute atomic E-state index is 0.0954. The number of benzene rings is 2. The van der Waals surface area contributed by atoms with E-state index in [4.69, 9.17) is 17.2 Å². The minimum Gasteiger partial charge on any atom is -0.352 e. The Kier molecular flexibility index (Phi) is 9.57.